The fraction of sp³-hybridized carbons (Fsp3) is 0.0833. The second-order valence-electron chi connectivity index (χ2n) is 3.88. The standard InChI is InChI=1S/C12H10Cl2N2O2S/c1-8-2-3-9(13)6-11(8)19(17,18)16-10-4-5-15-12(14)7-10/h2-7H,1H3,(H,15,16). The summed E-state index contributed by atoms with van der Waals surface area (Å²) in [4.78, 5) is 3.92. The van der Waals surface area contributed by atoms with Crippen molar-refractivity contribution in [2.24, 2.45) is 0 Å². The van der Waals surface area contributed by atoms with Crippen molar-refractivity contribution >= 4 is 38.9 Å². The molecule has 0 saturated carbocycles. The van der Waals surface area contributed by atoms with E-state index >= 15 is 0 Å². The largest absolute Gasteiger partial charge is 0.279 e. The van der Waals surface area contributed by atoms with Crippen LogP contribution in [0.15, 0.2) is 41.4 Å². The summed E-state index contributed by atoms with van der Waals surface area (Å²) in [5.74, 6) is 0. The third kappa shape index (κ3) is 3.37. The molecule has 100 valence electrons. The van der Waals surface area contributed by atoms with Crippen LogP contribution in [0.25, 0.3) is 0 Å². The number of aromatic nitrogens is 1. The molecule has 1 heterocycles. The summed E-state index contributed by atoms with van der Waals surface area (Å²) in [5, 5.41) is 0.571. The van der Waals surface area contributed by atoms with E-state index in [1.165, 1.54) is 24.4 Å². The van der Waals surface area contributed by atoms with Gasteiger partial charge in [-0.05, 0) is 36.8 Å². The van der Waals surface area contributed by atoms with Crippen LogP contribution in [0.5, 0.6) is 0 Å². The Morgan fingerprint density at radius 1 is 1.16 bits per heavy atom. The van der Waals surface area contributed by atoms with E-state index in [4.69, 9.17) is 23.2 Å². The zero-order chi connectivity index (χ0) is 14.0. The summed E-state index contributed by atoms with van der Waals surface area (Å²) in [7, 11) is -3.70. The third-order valence-electron chi connectivity index (χ3n) is 2.42. The maximum Gasteiger partial charge on any atom is 0.262 e. The van der Waals surface area contributed by atoms with E-state index < -0.39 is 10.0 Å². The summed E-state index contributed by atoms with van der Waals surface area (Å²) in [6.45, 7) is 1.70. The van der Waals surface area contributed by atoms with Gasteiger partial charge in [-0.2, -0.15) is 0 Å². The van der Waals surface area contributed by atoms with Crippen molar-refractivity contribution in [1.82, 2.24) is 4.98 Å². The molecule has 19 heavy (non-hydrogen) atoms. The molecule has 1 N–H and O–H groups in total. The van der Waals surface area contributed by atoms with Crippen molar-refractivity contribution in [3.63, 3.8) is 0 Å². The summed E-state index contributed by atoms with van der Waals surface area (Å²) < 4.78 is 26.9. The first-order valence-electron chi connectivity index (χ1n) is 5.29. The number of hydrogen-bond acceptors (Lipinski definition) is 3. The first-order chi connectivity index (χ1) is 8.88. The Morgan fingerprint density at radius 2 is 1.89 bits per heavy atom. The minimum absolute atomic E-state index is 0.132. The van der Waals surface area contributed by atoms with E-state index in [0.29, 0.717) is 16.3 Å². The van der Waals surface area contributed by atoms with Gasteiger partial charge in [-0.25, -0.2) is 13.4 Å². The highest BCUT2D eigenvalue weighted by Crippen LogP contribution is 2.23. The molecule has 0 aliphatic carbocycles. The van der Waals surface area contributed by atoms with E-state index in [1.54, 1.807) is 19.1 Å². The second kappa shape index (κ2) is 5.36. The number of nitrogens with zero attached hydrogens (tertiary/aromatic N) is 1. The highest BCUT2D eigenvalue weighted by Gasteiger charge is 2.17. The average molecular weight is 317 g/mol. The molecule has 0 saturated heterocycles. The van der Waals surface area contributed by atoms with Gasteiger partial charge in [0.25, 0.3) is 10.0 Å². The van der Waals surface area contributed by atoms with Crippen LogP contribution >= 0.6 is 23.2 Å². The molecule has 0 amide bonds. The molecule has 0 atom stereocenters. The van der Waals surface area contributed by atoms with Crippen molar-refractivity contribution in [3.8, 4) is 0 Å². The Balaban J connectivity index is 2.40. The topological polar surface area (TPSA) is 59.1 Å². The molecule has 4 nitrogen and oxygen atoms in total. The van der Waals surface area contributed by atoms with Gasteiger partial charge in [0.2, 0.25) is 0 Å². The second-order valence-corrected chi connectivity index (χ2v) is 6.36. The van der Waals surface area contributed by atoms with Crippen LogP contribution in [-0.2, 0) is 10.0 Å². The van der Waals surface area contributed by atoms with E-state index in [2.05, 4.69) is 9.71 Å². The molecule has 7 heteroatoms. The average Bonchev–Trinajstić information content (AvgIpc) is 2.31. The van der Waals surface area contributed by atoms with Crippen LogP contribution in [0.4, 0.5) is 5.69 Å². The van der Waals surface area contributed by atoms with Crippen molar-refractivity contribution < 1.29 is 8.42 Å². The minimum Gasteiger partial charge on any atom is -0.279 e. The number of aryl methyl sites for hydroxylation is 1. The summed E-state index contributed by atoms with van der Waals surface area (Å²) in [6, 6.07) is 7.64. The van der Waals surface area contributed by atoms with Crippen molar-refractivity contribution in [1.29, 1.82) is 0 Å². The first-order valence-corrected chi connectivity index (χ1v) is 7.53. The maximum absolute atomic E-state index is 12.3. The van der Waals surface area contributed by atoms with Crippen LogP contribution in [-0.4, -0.2) is 13.4 Å². The number of anilines is 1. The van der Waals surface area contributed by atoms with E-state index in [9.17, 15) is 8.42 Å². The number of pyridine rings is 1. The molecule has 0 fully saturated rings. The predicted octanol–water partition coefficient (Wildman–Crippen LogP) is 3.50. The lowest BCUT2D eigenvalue weighted by Gasteiger charge is -2.10. The molecule has 0 aliphatic rings. The van der Waals surface area contributed by atoms with Gasteiger partial charge in [0.05, 0.1) is 10.6 Å². The number of rotatable bonds is 3. The van der Waals surface area contributed by atoms with Gasteiger partial charge >= 0.3 is 0 Å². The molecule has 0 spiro atoms. The van der Waals surface area contributed by atoms with Crippen LogP contribution in [0, 0.1) is 6.92 Å². The Kier molecular flexibility index (Phi) is 3.99. The maximum atomic E-state index is 12.3. The molecule has 2 rings (SSSR count). The lowest BCUT2D eigenvalue weighted by Crippen LogP contribution is -2.14. The lowest BCUT2D eigenvalue weighted by molar-refractivity contribution is 0.600. The summed E-state index contributed by atoms with van der Waals surface area (Å²) in [6.07, 6.45) is 1.42. The zero-order valence-corrected chi connectivity index (χ0v) is 12.2. The fourth-order valence-corrected chi connectivity index (χ4v) is 3.27. The number of hydrogen-bond donors (Lipinski definition) is 1. The van der Waals surface area contributed by atoms with E-state index in [-0.39, 0.29) is 10.0 Å². The number of benzene rings is 1. The Hall–Kier alpha value is -1.30. The third-order valence-corrected chi connectivity index (χ3v) is 4.38. The summed E-state index contributed by atoms with van der Waals surface area (Å²) >= 11 is 11.5. The van der Waals surface area contributed by atoms with Crippen molar-refractivity contribution in [2.45, 2.75) is 11.8 Å². The highest BCUT2D eigenvalue weighted by molar-refractivity contribution is 7.92. The van der Waals surface area contributed by atoms with Crippen LogP contribution in [0.3, 0.4) is 0 Å². The normalized spacial score (nSPS) is 11.3. The number of halogens is 2. The molecule has 1 aromatic carbocycles. The van der Waals surface area contributed by atoms with Gasteiger partial charge in [0.1, 0.15) is 5.15 Å². The smallest absolute Gasteiger partial charge is 0.262 e. The molecule has 0 unspecified atom stereocenters. The molecular formula is C12H10Cl2N2O2S. The number of sulfonamides is 1. The molecule has 2 aromatic rings. The van der Waals surface area contributed by atoms with E-state index in [0.717, 1.165) is 0 Å². The van der Waals surface area contributed by atoms with Crippen LogP contribution < -0.4 is 4.72 Å². The van der Waals surface area contributed by atoms with Crippen molar-refractivity contribution in [3.05, 3.63) is 52.3 Å². The minimum atomic E-state index is -3.70. The summed E-state index contributed by atoms with van der Waals surface area (Å²) in [5.41, 5.74) is 0.955. The van der Waals surface area contributed by atoms with Gasteiger partial charge in [0.15, 0.2) is 0 Å². The lowest BCUT2D eigenvalue weighted by atomic mass is 10.2. The van der Waals surface area contributed by atoms with Gasteiger partial charge in [-0.3, -0.25) is 4.72 Å². The number of nitrogens with one attached hydrogen (secondary N) is 1. The first kappa shape index (κ1) is 14.1. The zero-order valence-electron chi connectivity index (χ0n) is 9.89. The van der Waals surface area contributed by atoms with Gasteiger partial charge in [0, 0.05) is 11.2 Å². The Labute approximate surface area is 121 Å². The fourth-order valence-electron chi connectivity index (χ4n) is 1.54. The Morgan fingerprint density at radius 3 is 2.58 bits per heavy atom. The predicted molar refractivity (Wildman–Crippen MR) is 76.2 cm³/mol. The van der Waals surface area contributed by atoms with Gasteiger partial charge in [-0.1, -0.05) is 29.3 Å². The molecule has 1 aromatic heterocycles. The molecule has 0 aliphatic heterocycles. The SMILES string of the molecule is Cc1ccc(Cl)cc1S(=O)(=O)Nc1ccnc(Cl)c1. The Bertz CT molecular complexity index is 717. The van der Waals surface area contributed by atoms with Crippen LogP contribution in [0.2, 0.25) is 10.2 Å². The molecule has 0 radical (unpaired) electrons. The van der Waals surface area contributed by atoms with Gasteiger partial charge < -0.3 is 0 Å². The van der Waals surface area contributed by atoms with Gasteiger partial charge in [-0.15, -0.1) is 0 Å². The monoisotopic (exact) mass is 316 g/mol. The van der Waals surface area contributed by atoms with Crippen molar-refractivity contribution in [2.75, 3.05) is 4.72 Å². The molecule has 0 bridgehead atoms. The molecular weight excluding hydrogens is 307 g/mol. The van der Waals surface area contributed by atoms with E-state index in [1.807, 2.05) is 0 Å². The van der Waals surface area contributed by atoms with Crippen LogP contribution in [0.1, 0.15) is 5.56 Å². The highest BCUT2D eigenvalue weighted by atomic mass is 35.5. The quantitative estimate of drug-likeness (QED) is 0.882.